The first-order valence-corrected chi connectivity index (χ1v) is 6.13. The average molecular weight is 175 g/mol. The molecule has 0 nitrogen and oxygen atoms in total. The average Bonchev–Trinajstić information content (AvgIpc) is 2.09. The Balaban J connectivity index is 2.46. The second-order valence-electron chi connectivity index (χ2n) is 3.20. The summed E-state index contributed by atoms with van der Waals surface area (Å²) in [6, 6.07) is 8.77. The molecule has 1 heteroatoms. The summed E-state index contributed by atoms with van der Waals surface area (Å²) in [5.74, 6) is 0. The molecule has 0 atom stereocenters. The third kappa shape index (κ3) is 3.01. The zero-order chi connectivity index (χ0) is 8.81. The van der Waals surface area contributed by atoms with Crippen molar-refractivity contribution in [3.05, 3.63) is 29.8 Å². The van der Waals surface area contributed by atoms with Crippen molar-refractivity contribution >= 4 is 19.6 Å². The summed E-state index contributed by atoms with van der Waals surface area (Å²) in [7, 11) is 0. The summed E-state index contributed by atoms with van der Waals surface area (Å²) in [5, 5.41) is 1.42. The van der Waals surface area contributed by atoms with Crippen LogP contribution in [0.3, 0.4) is 0 Å². The maximum atomic E-state index is 2.28. The van der Waals surface area contributed by atoms with Gasteiger partial charge in [-0.15, -0.1) is 0 Å². The van der Waals surface area contributed by atoms with Gasteiger partial charge < -0.3 is 0 Å². The molecular weight excluding hydrogens is 159 g/mol. The molecule has 0 radical (unpaired) electrons. The monoisotopic (exact) mass is 175 g/mol. The van der Waals surface area contributed by atoms with E-state index in [1.807, 2.05) is 0 Å². The Hall–Kier alpha value is -0.248. The Kier molecular flexibility index (Phi) is 4.43. The molecule has 0 aromatic heterocycles. The summed E-state index contributed by atoms with van der Waals surface area (Å²) >= 11 is 0.529. The summed E-state index contributed by atoms with van der Waals surface area (Å²) < 4.78 is 1.60. The topological polar surface area (TPSA) is 0 Å². The summed E-state index contributed by atoms with van der Waals surface area (Å²) in [5.41, 5.74) is 1.48. The molecule has 0 N–H and O–H groups in total. The molecule has 0 aliphatic rings. The van der Waals surface area contributed by atoms with Crippen LogP contribution in [0.1, 0.15) is 25.3 Å². The van der Waals surface area contributed by atoms with E-state index in [2.05, 4.69) is 38.1 Å². The van der Waals surface area contributed by atoms with Crippen LogP contribution in [0.2, 0.25) is 5.28 Å². The molecule has 0 aliphatic carbocycles. The first-order valence-electron chi connectivity index (χ1n) is 4.73. The van der Waals surface area contributed by atoms with E-state index in [-0.39, 0.29) is 0 Å². The van der Waals surface area contributed by atoms with Gasteiger partial charge in [0.05, 0.1) is 0 Å². The van der Waals surface area contributed by atoms with Crippen molar-refractivity contribution in [1.82, 2.24) is 0 Å². The van der Waals surface area contributed by atoms with Gasteiger partial charge in [-0.3, -0.25) is 0 Å². The second kappa shape index (κ2) is 5.41. The van der Waals surface area contributed by atoms with Gasteiger partial charge in [0.1, 0.15) is 0 Å². The van der Waals surface area contributed by atoms with Crippen molar-refractivity contribution in [2.24, 2.45) is 0 Å². The van der Waals surface area contributed by atoms with Crippen molar-refractivity contribution in [2.75, 3.05) is 0 Å². The normalized spacial score (nSPS) is 9.50. The number of rotatable bonds is 4. The molecule has 0 fully saturated rings. The fourth-order valence-corrected chi connectivity index (χ4v) is 2.87. The van der Waals surface area contributed by atoms with E-state index in [9.17, 15) is 0 Å². The van der Waals surface area contributed by atoms with Crippen molar-refractivity contribution < 1.29 is 0 Å². The Morgan fingerprint density at radius 2 is 2.00 bits per heavy atom. The van der Waals surface area contributed by atoms with Gasteiger partial charge in [0.2, 0.25) is 0 Å². The third-order valence-electron chi connectivity index (χ3n) is 2.11. The zero-order valence-electron chi connectivity index (χ0n) is 8.01. The minimum absolute atomic E-state index is 0.529. The summed E-state index contributed by atoms with van der Waals surface area (Å²) in [6.45, 7) is 4.48. The Bertz CT molecular complexity index is 230. The van der Waals surface area contributed by atoms with Crippen molar-refractivity contribution in [3.63, 3.8) is 0 Å². The summed E-state index contributed by atoms with van der Waals surface area (Å²) in [4.78, 5) is 0. The van der Waals surface area contributed by atoms with E-state index < -0.39 is 0 Å². The van der Waals surface area contributed by atoms with Gasteiger partial charge in [0.15, 0.2) is 0 Å². The van der Waals surface area contributed by atoms with Crippen LogP contribution < -0.4 is 4.43 Å². The molecule has 0 aliphatic heterocycles. The zero-order valence-corrected chi connectivity index (χ0v) is 9.16. The Labute approximate surface area is 81.7 Å². The first kappa shape index (κ1) is 9.84. The molecule has 0 spiro atoms. The molecule has 0 saturated carbocycles. The second-order valence-corrected chi connectivity index (χ2v) is 4.81. The van der Waals surface area contributed by atoms with E-state index in [0.717, 1.165) is 0 Å². The Morgan fingerprint density at radius 3 is 2.67 bits per heavy atom. The SMILES string of the molecule is CCC[CH2][Al+][c]1ccccc1C. The van der Waals surface area contributed by atoms with Crippen LogP contribution in [0.15, 0.2) is 24.3 Å². The van der Waals surface area contributed by atoms with E-state index in [4.69, 9.17) is 0 Å². The van der Waals surface area contributed by atoms with Crippen LogP contribution in [-0.2, 0) is 0 Å². The molecule has 1 aromatic carbocycles. The predicted molar refractivity (Wildman–Crippen MR) is 56.3 cm³/mol. The van der Waals surface area contributed by atoms with Crippen molar-refractivity contribution in [2.45, 2.75) is 32.0 Å². The molecule has 0 saturated heterocycles. The van der Waals surface area contributed by atoms with E-state index in [1.165, 1.54) is 23.7 Å². The molecule has 62 valence electrons. The van der Waals surface area contributed by atoms with Gasteiger partial charge in [-0.2, -0.15) is 0 Å². The number of unbranched alkanes of at least 4 members (excludes halogenated alkanes) is 1. The number of benzene rings is 1. The molecule has 0 amide bonds. The van der Waals surface area contributed by atoms with Gasteiger partial charge in [0.25, 0.3) is 0 Å². The molecule has 12 heavy (non-hydrogen) atoms. The van der Waals surface area contributed by atoms with Crippen LogP contribution in [0.4, 0.5) is 0 Å². The molecule has 0 bridgehead atoms. The van der Waals surface area contributed by atoms with Crippen molar-refractivity contribution in [1.29, 1.82) is 0 Å². The van der Waals surface area contributed by atoms with Gasteiger partial charge in [-0.25, -0.2) is 0 Å². The maximum absolute atomic E-state index is 2.28. The van der Waals surface area contributed by atoms with Gasteiger partial charge in [-0.05, 0) is 0 Å². The van der Waals surface area contributed by atoms with Crippen LogP contribution in [0.25, 0.3) is 0 Å². The summed E-state index contributed by atoms with van der Waals surface area (Å²) in [6.07, 6.45) is 2.72. The quantitative estimate of drug-likeness (QED) is 0.487. The Morgan fingerprint density at radius 1 is 1.25 bits per heavy atom. The van der Waals surface area contributed by atoms with Gasteiger partial charge in [0, 0.05) is 0 Å². The van der Waals surface area contributed by atoms with Crippen LogP contribution in [0.5, 0.6) is 0 Å². The fraction of sp³-hybridized carbons (Fsp3) is 0.455. The van der Waals surface area contributed by atoms with Gasteiger partial charge >= 0.3 is 81.4 Å². The fourth-order valence-electron chi connectivity index (χ4n) is 1.28. The van der Waals surface area contributed by atoms with Crippen LogP contribution in [0, 0.1) is 6.92 Å². The van der Waals surface area contributed by atoms with Crippen molar-refractivity contribution in [3.8, 4) is 0 Å². The predicted octanol–water partition coefficient (Wildman–Crippen LogP) is 2.54. The first-order chi connectivity index (χ1) is 5.84. The standard InChI is InChI=1S/C7H7.C4H9.Al/c1-7-5-3-2-4-6-7;1-3-4-2;/h2-5H,1H3;1,3-4H2,2H3;/q;;+1. The van der Waals surface area contributed by atoms with Crippen LogP contribution in [-0.4, -0.2) is 15.2 Å². The molecule has 1 aromatic rings. The van der Waals surface area contributed by atoms with Gasteiger partial charge in [-0.1, -0.05) is 0 Å². The van der Waals surface area contributed by atoms with E-state index in [1.54, 1.807) is 4.43 Å². The molecule has 1 rings (SSSR count). The van der Waals surface area contributed by atoms with E-state index >= 15 is 0 Å². The number of hydrogen-bond donors (Lipinski definition) is 0. The molecule has 0 heterocycles. The minimum atomic E-state index is 0.529. The number of hydrogen-bond acceptors (Lipinski definition) is 0. The van der Waals surface area contributed by atoms with Crippen LogP contribution >= 0.6 is 0 Å². The number of aryl methyl sites for hydroxylation is 1. The molecular formula is C11H16Al+. The molecule has 0 unspecified atom stereocenters. The van der Waals surface area contributed by atoms with E-state index in [0.29, 0.717) is 15.2 Å². The third-order valence-corrected chi connectivity index (χ3v) is 3.89.